The Morgan fingerprint density at radius 1 is 1.16 bits per heavy atom. The van der Waals surface area contributed by atoms with Gasteiger partial charge in [-0.05, 0) is 41.8 Å². The highest BCUT2D eigenvalue weighted by Crippen LogP contribution is 2.29. The molecule has 6 heteroatoms. The van der Waals surface area contributed by atoms with Crippen molar-refractivity contribution in [3.8, 4) is 5.75 Å². The largest absolute Gasteiger partial charge is 0.483 e. The Morgan fingerprint density at radius 2 is 1.88 bits per heavy atom. The smallest absolute Gasteiger partial charge is 0.262 e. The number of anilines is 1. The van der Waals surface area contributed by atoms with E-state index in [1.807, 2.05) is 18.2 Å². The minimum atomic E-state index is -0.325. The Kier molecular flexibility index (Phi) is 6.58. The summed E-state index contributed by atoms with van der Waals surface area (Å²) < 4.78 is 6.65. The lowest BCUT2D eigenvalue weighted by atomic mass is 10.0. The van der Waals surface area contributed by atoms with Gasteiger partial charge in [0, 0.05) is 11.5 Å². The second kappa shape index (κ2) is 8.67. The van der Waals surface area contributed by atoms with Crippen LogP contribution < -0.4 is 15.4 Å². The molecule has 0 bridgehead atoms. The van der Waals surface area contributed by atoms with E-state index in [4.69, 9.17) is 4.74 Å². The third-order valence-electron chi connectivity index (χ3n) is 3.63. The van der Waals surface area contributed by atoms with Gasteiger partial charge in [0.25, 0.3) is 11.8 Å². The second-order valence-corrected chi connectivity index (χ2v) is 6.71. The number of para-hydroxylation sites is 1. The summed E-state index contributed by atoms with van der Waals surface area (Å²) in [6.07, 6.45) is 0. The average molecular weight is 405 g/mol. The molecule has 0 fully saturated rings. The van der Waals surface area contributed by atoms with Crippen LogP contribution in [0, 0.1) is 0 Å². The fourth-order valence-electron chi connectivity index (χ4n) is 2.36. The molecule has 2 rings (SSSR count). The molecule has 0 atom stereocenters. The molecule has 2 aromatic rings. The SMILES string of the molecule is CNC(=O)c1ccccc1NC(=O)COc1ccc(Br)cc1C(C)C. The van der Waals surface area contributed by atoms with E-state index in [0.717, 1.165) is 10.0 Å². The van der Waals surface area contributed by atoms with E-state index >= 15 is 0 Å². The molecule has 0 aliphatic heterocycles. The summed E-state index contributed by atoms with van der Waals surface area (Å²) in [6.45, 7) is 3.99. The summed E-state index contributed by atoms with van der Waals surface area (Å²) in [7, 11) is 1.55. The van der Waals surface area contributed by atoms with Crippen LogP contribution in [0.1, 0.15) is 35.7 Å². The number of rotatable bonds is 6. The number of benzene rings is 2. The summed E-state index contributed by atoms with van der Waals surface area (Å²) >= 11 is 3.44. The Hall–Kier alpha value is -2.34. The van der Waals surface area contributed by atoms with Crippen molar-refractivity contribution in [2.24, 2.45) is 0 Å². The number of hydrogen-bond acceptors (Lipinski definition) is 3. The monoisotopic (exact) mass is 404 g/mol. The van der Waals surface area contributed by atoms with Crippen molar-refractivity contribution in [3.63, 3.8) is 0 Å². The van der Waals surface area contributed by atoms with Gasteiger partial charge in [0.1, 0.15) is 5.75 Å². The maximum atomic E-state index is 12.2. The number of halogens is 1. The lowest BCUT2D eigenvalue weighted by Crippen LogP contribution is -2.24. The van der Waals surface area contributed by atoms with Crippen molar-refractivity contribution in [2.75, 3.05) is 19.0 Å². The van der Waals surface area contributed by atoms with E-state index in [2.05, 4.69) is 40.4 Å². The molecular weight excluding hydrogens is 384 g/mol. The number of carbonyl (C=O) groups excluding carboxylic acids is 2. The average Bonchev–Trinajstić information content (AvgIpc) is 2.60. The van der Waals surface area contributed by atoms with Crippen LogP contribution >= 0.6 is 15.9 Å². The summed E-state index contributed by atoms with van der Waals surface area (Å²) in [4.78, 5) is 24.1. The molecule has 0 aliphatic carbocycles. The van der Waals surface area contributed by atoms with E-state index in [-0.39, 0.29) is 24.3 Å². The molecule has 5 nitrogen and oxygen atoms in total. The van der Waals surface area contributed by atoms with Gasteiger partial charge in [0.05, 0.1) is 11.3 Å². The van der Waals surface area contributed by atoms with Crippen molar-refractivity contribution in [1.82, 2.24) is 5.32 Å². The molecule has 2 aromatic carbocycles. The Bertz CT molecular complexity index is 775. The third-order valence-corrected chi connectivity index (χ3v) is 4.12. The van der Waals surface area contributed by atoms with Crippen LogP contribution in [0.4, 0.5) is 5.69 Å². The number of nitrogens with one attached hydrogen (secondary N) is 2. The first kappa shape index (κ1) is 19.0. The van der Waals surface area contributed by atoms with E-state index in [9.17, 15) is 9.59 Å². The molecule has 0 aromatic heterocycles. The van der Waals surface area contributed by atoms with Gasteiger partial charge in [-0.1, -0.05) is 41.9 Å². The first-order valence-corrected chi connectivity index (χ1v) is 8.75. The molecule has 0 aliphatic rings. The Balaban J connectivity index is 2.07. The van der Waals surface area contributed by atoms with Gasteiger partial charge in [-0.2, -0.15) is 0 Å². The lowest BCUT2D eigenvalue weighted by molar-refractivity contribution is -0.118. The zero-order chi connectivity index (χ0) is 18.4. The molecule has 25 heavy (non-hydrogen) atoms. The number of amides is 2. The molecule has 132 valence electrons. The van der Waals surface area contributed by atoms with Gasteiger partial charge < -0.3 is 15.4 Å². The van der Waals surface area contributed by atoms with Crippen molar-refractivity contribution >= 4 is 33.4 Å². The van der Waals surface area contributed by atoms with Gasteiger partial charge in [-0.25, -0.2) is 0 Å². The Morgan fingerprint density at radius 3 is 2.56 bits per heavy atom. The second-order valence-electron chi connectivity index (χ2n) is 5.80. The van der Waals surface area contributed by atoms with E-state index in [1.54, 1.807) is 31.3 Å². The van der Waals surface area contributed by atoms with Crippen LogP contribution in [0.25, 0.3) is 0 Å². The lowest BCUT2D eigenvalue weighted by Gasteiger charge is -2.15. The predicted octanol–water partition coefficient (Wildman–Crippen LogP) is 3.95. The van der Waals surface area contributed by atoms with Crippen LogP contribution in [0.2, 0.25) is 0 Å². The standard InChI is InChI=1S/C19H21BrN2O3/c1-12(2)15-10-13(20)8-9-17(15)25-11-18(23)22-16-7-5-4-6-14(16)19(24)21-3/h4-10,12H,11H2,1-3H3,(H,21,24)(H,22,23). The highest BCUT2D eigenvalue weighted by Gasteiger charge is 2.14. The van der Waals surface area contributed by atoms with Crippen LogP contribution in [0.5, 0.6) is 5.75 Å². The molecule has 0 saturated carbocycles. The van der Waals surface area contributed by atoms with E-state index < -0.39 is 0 Å². The van der Waals surface area contributed by atoms with Crippen molar-refractivity contribution in [2.45, 2.75) is 19.8 Å². The van der Waals surface area contributed by atoms with Crippen LogP contribution in [0.15, 0.2) is 46.9 Å². The van der Waals surface area contributed by atoms with Gasteiger partial charge in [0.2, 0.25) is 0 Å². The highest BCUT2D eigenvalue weighted by atomic mass is 79.9. The quantitative estimate of drug-likeness (QED) is 0.765. The normalized spacial score (nSPS) is 10.4. The van der Waals surface area contributed by atoms with Crippen molar-refractivity contribution < 1.29 is 14.3 Å². The topological polar surface area (TPSA) is 67.4 Å². The number of carbonyl (C=O) groups is 2. The summed E-state index contributed by atoms with van der Waals surface area (Å²) in [5.41, 5.74) is 1.88. The molecule has 0 saturated heterocycles. The Labute approximate surface area is 155 Å². The predicted molar refractivity (Wildman–Crippen MR) is 102 cm³/mol. The highest BCUT2D eigenvalue weighted by molar-refractivity contribution is 9.10. The molecule has 0 unspecified atom stereocenters. The maximum absolute atomic E-state index is 12.2. The van der Waals surface area contributed by atoms with E-state index in [1.165, 1.54) is 0 Å². The fraction of sp³-hybridized carbons (Fsp3) is 0.263. The van der Waals surface area contributed by atoms with Gasteiger partial charge in [-0.3, -0.25) is 9.59 Å². The first-order valence-electron chi connectivity index (χ1n) is 7.95. The molecule has 0 heterocycles. The third kappa shape index (κ3) is 5.06. The number of ether oxygens (including phenoxy) is 1. The summed E-state index contributed by atoms with van der Waals surface area (Å²) in [5.74, 6) is 0.360. The molecule has 0 spiro atoms. The van der Waals surface area contributed by atoms with Gasteiger partial charge in [0.15, 0.2) is 6.61 Å². The van der Waals surface area contributed by atoms with E-state index in [0.29, 0.717) is 17.0 Å². The molecule has 2 amide bonds. The van der Waals surface area contributed by atoms with Crippen LogP contribution in [-0.2, 0) is 4.79 Å². The molecule has 2 N–H and O–H groups in total. The zero-order valence-electron chi connectivity index (χ0n) is 14.4. The number of hydrogen-bond donors (Lipinski definition) is 2. The van der Waals surface area contributed by atoms with Gasteiger partial charge in [-0.15, -0.1) is 0 Å². The van der Waals surface area contributed by atoms with Gasteiger partial charge >= 0.3 is 0 Å². The minimum absolute atomic E-state index is 0.135. The van der Waals surface area contributed by atoms with Crippen LogP contribution in [-0.4, -0.2) is 25.5 Å². The maximum Gasteiger partial charge on any atom is 0.262 e. The summed E-state index contributed by atoms with van der Waals surface area (Å²) in [5, 5.41) is 5.27. The molecular formula is C19H21BrN2O3. The van der Waals surface area contributed by atoms with Crippen molar-refractivity contribution in [1.29, 1.82) is 0 Å². The van der Waals surface area contributed by atoms with Crippen LogP contribution in [0.3, 0.4) is 0 Å². The first-order chi connectivity index (χ1) is 11.9. The van der Waals surface area contributed by atoms with Crippen molar-refractivity contribution in [3.05, 3.63) is 58.1 Å². The minimum Gasteiger partial charge on any atom is -0.483 e. The fourth-order valence-corrected chi connectivity index (χ4v) is 2.74. The summed E-state index contributed by atoms with van der Waals surface area (Å²) in [6, 6.07) is 12.5. The molecule has 0 radical (unpaired) electrons. The zero-order valence-corrected chi connectivity index (χ0v) is 16.0.